The van der Waals surface area contributed by atoms with Gasteiger partial charge in [0.2, 0.25) is 0 Å². The third-order valence-electron chi connectivity index (χ3n) is 4.94. The number of nitrogens with zero attached hydrogens (tertiary/aromatic N) is 4. The molecule has 1 saturated heterocycles. The lowest BCUT2D eigenvalue weighted by Gasteiger charge is -2.31. The first kappa shape index (κ1) is 18.9. The van der Waals surface area contributed by atoms with E-state index in [4.69, 9.17) is 4.52 Å². The molecule has 1 atom stereocenters. The van der Waals surface area contributed by atoms with Crippen molar-refractivity contribution in [1.29, 1.82) is 0 Å². The van der Waals surface area contributed by atoms with Crippen LogP contribution in [0.1, 0.15) is 51.1 Å². The molecule has 28 heavy (non-hydrogen) atoms. The Morgan fingerprint density at radius 3 is 2.82 bits per heavy atom. The SMILES string of the molecule is Cc1cc(C(F)(F)F)c2c([C@@H]3CCCN(C(=O)c4scnc4C)C3)noc2n1. The van der Waals surface area contributed by atoms with Gasteiger partial charge in [0, 0.05) is 24.7 Å². The molecule has 1 aliphatic rings. The molecule has 4 rings (SSSR count). The van der Waals surface area contributed by atoms with Gasteiger partial charge in [-0.1, -0.05) is 5.16 Å². The average molecular weight is 410 g/mol. The Hall–Kier alpha value is -2.49. The van der Waals surface area contributed by atoms with Crippen LogP contribution >= 0.6 is 11.3 Å². The summed E-state index contributed by atoms with van der Waals surface area (Å²) in [5.74, 6) is -0.500. The molecule has 0 N–H and O–H groups in total. The van der Waals surface area contributed by atoms with Gasteiger partial charge in [0.15, 0.2) is 0 Å². The first-order valence-corrected chi connectivity index (χ1v) is 9.67. The fourth-order valence-electron chi connectivity index (χ4n) is 3.63. The molecule has 0 unspecified atom stereocenters. The van der Waals surface area contributed by atoms with Crippen molar-refractivity contribution in [3.63, 3.8) is 0 Å². The van der Waals surface area contributed by atoms with E-state index in [0.717, 1.165) is 6.07 Å². The summed E-state index contributed by atoms with van der Waals surface area (Å²) >= 11 is 1.26. The summed E-state index contributed by atoms with van der Waals surface area (Å²) < 4.78 is 45.9. The van der Waals surface area contributed by atoms with E-state index in [1.54, 1.807) is 17.3 Å². The molecule has 3 aromatic heterocycles. The molecule has 0 aromatic carbocycles. The molecular formula is C18H17F3N4O2S. The van der Waals surface area contributed by atoms with Crippen molar-refractivity contribution in [2.45, 2.75) is 38.8 Å². The highest BCUT2D eigenvalue weighted by atomic mass is 32.1. The van der Waals surface area contributed by atoms with Crippen LogP contribution < -0.4 is 0 Å². The van der Waals surface area contributed by atoms with E-state index in [9.17, 15) is 18.0 Å². The molecule has 1 fully saturated rings. The molecule has 4 heterocycles. The van der Waals surface area contributed by atoms with Crippen LogP contribution in [0.25, 0.3) is 11.1 Å². The van der Waals surface area contributed by atoms with Crippen molar-refractivity contribution < 1.29 is 22.5 Å². The molecule has 148 valence electrons. The number of carbonyl (C=O) groups excluding carboxylic acids is 1. The number of thiazole rings is 1. The van der Waals surface area contributed by atoms with Crippen LogP contribution in [0.4, 0.5) is 13.2 Å². The number of pyridine rings is 1. The number of hydrogen-bond donors (Lipinski definition) is 0. The smallest absolute Gasteiger partial charge is 0.337 e. The largest absolute Gasteiger partial charge is 0.417 e. The molecule has 0 radical (unpaired) electrons. The summed E-state index contributed by atoms with van der Waals surface area (Å²) in [7, 11) is 0. The number of amides is 1. The molecule has 6 nitrogen and oxygen atoms in total. The molecule has 0 saturated carbocycles. The summed E-state index contributed by atoms with van der Waals surface area (Å²) in [6.45, 7) is 4.07. The van der Waals surface area contributed by atoms with Crippen molar-refractivity contribution >= 4 is 28.3 Å². The predicted molar refractivity (Wildman–Crippen MR) is 96.3 cm³/mol. The zero-order valence-electron chi connectivity index (χ0n) is 15.2. The van der Waals surface area contributed by atoms with Crippen molar-refractivity contribution in [3.8, 4) is 0 Å². The number of likely N-dealkylation sites (tertiary alicyclic amines) is 1. The zero-order chi connectivity index (χ0) is 20.1. The minimum absolute atomic E-state index is 0.105. The topological polar surface area (TPSA) is 72.1 Å². The van der Waals surface area contributed by atoms with Crippen LogP contribution in [0.3, 0.4) is 0 Å². The molecule has 0 spiro atoms. The maximum absolute atomic E-state index is 13.6. The summed E-state index contributed by atoms with van der Waals surface area (Å²) in [6, 6.07) is 1.01. The predicted octanol–water partition coefficient (Wildman–Crippen LogP) is 4.33. The monoisotopic (exact) mass is 410 g/mol. The van der Waals surface area contributed by atoms with Gasteiger partial charge >= 0.3 is 6.18 Å². The first-order valence-electron chi connectivity index (χ1n) is 8.79. The average Bonchev–Trinajstić information content (AvgIpc) is 3.25. The van der Waals surface area contributed by atoms with Gasteiger partial charge in [-0.15, -0.1) is 11.3 Å². The van der Waals surface area contributed by atoms with E-state index >= 15 is 0 Å². The van der Waals surface area contributed by atoms with Gasteiger partial charge in [-0.25, -0.2) is 9.97 Å². The number of hydrogen-bond acceptors (Lipinski definition) is 6. The minimum Gasteiger partial charge on any atom is -0.337 e. The van der Waals surface area contributed by atoms with Gasteiger partial charge < -0.3 is 9.42 Å². The van der Waals surface area contributed by atoms with Gasteiger partial charge in [0.25, 0.3) is 11.6 Å². The van der Waals surface area contributed by atoms with E-state index < -0.39 is 11.7 Å². The molecule has 10 heteroatoms. The number of fused-ring (bicyclic) bond motifs is 1. The molecule has 0 aliphatic carbocycles. The first-order chi connectivity index (χ1) is 13.3. The maximum Gasteiger partial charge on any atom is 0.417 e. The van der Waals surface area contributed by atoms with Crippen molar-refractivity contribution in [2.24, 2.45) is 0 Å². The summed E-state index contributed by atoms with van der Waals surface area (Å²) in [5, 5.41) is 3.82. The Balaban J connectivity index is 1.70. The van der Waals surface area contributed by atoms with Crippen molar-refractivity contribution in [2.75, 3.05) is 13.1 Å². The van der Waals surface area contributed by atoms with Crippen LogP contribution in [-0.2, 0) is 6.18 Å². The normalized spacial score (nSPS) is 18.0. The Morgan fingerprint density at radius 1 is 1.36 bits per heavy atom. The molecule has 0 bridgehead atoms. The second-order valence-electron chi connectivity index (χ2n) is 6.91. The third kappa shape index (κ3) is 3.25. The highest BCUT2D eigenvalue weighted by molar-refractivity contribution is 7.11. The van der Waals surface area contributed by atoms with Crippen LogP contribution in [0.5, 0.6) is 0 Å². The Morgan fingerprint density at radius 2 is 2.14 bits per heavy atom. The van der Waals surface area contributed by atoms with Crippen LogP contribution in [0.2, 0.25) is 0 Å². The Kier molecular flexibility index (Phi) is 4.60. The van der Waals surface area contributed by atoms with E-state index in [1.165, 1.54) is 18.3 Å². The van der Waals surface area contributed by atoms with Crippen LogP contribution in [0.15, 0.2) is 16.1 Å². The number of aromatic nitrogens is 3. The molecule has 1 amide bonds. The Labute approximate surface area is 162 Å². The fourth-order valence-corrected chi connectivity index (χ4v) is 4.40. The van der Waals surface area contributed by atoms with E-state index in [2.05, 4.69) is 15.1 Å². The van der Waals surface area contributed by atoms with Gasteiger partial charge in [0.05, 0.1) is 27.8 Å². The summed E-state index contributed by atoms with van der Waals surface area (Å²) in [6.07, 6.45) is -3.25. The molecule has 1 aliphatic heterocycles. The number of aryl methyl sites for hydroxylation is 2. The van der Waals surface area contributed by atoms with Crippen molar-refractivity contribution in [1.82, 2.24) is 20.0 Å². The standard InChI is InChI=1S/C18H17F3N4O2S/c1-9-6-12(18(19,20)21)13-14(24-27-16(13)23-9)11-4-3-5-25(7-11)17(26)15-10(2)22-8-28-15/h6,8,11H,3-5,7H2,1-2H3/t11-/m1/s1. The molecule has 3 aromatic rings. The quantitative estimate of drug-likeness (QED) is 0.629. The highest BCUT2D eigenvalue weighted by Crippen LogP contribution is 2.40. The molecular weight excluding hydrogens is 393 g/mol. The highest BCUT2D eigenvalue weighted by Gasteiger charge is 2.38. The second-order valence-corrected chi connectivity index (χ2v) is 7.77. The van der Waals surface area contributed by atoms with Gasteiger partial charge in [-0.05, 0) is 32.8 Å². The van der Waals surface area contributed by atoms with E-state index in [-0.39, 0.29) is 40.9 Å². The number of rotatable bonds is 2. The lowest BCUT2D eigenvalue weighted by molar-refractivity contribution is -0.136. The van der Waals surface area contributed by atoms with Gasteiger partial charge in [-0.2, -0.15) is 13.2 Å². The van der Waals surface area contributed by atoms with Crippen LogP contribution in [-0.4, -0.2) is 39.0 Å². The third-order valence-corrected chi connectivity index (χ3v) is 5.86. The van der Waals surface area contributed by atoms with Gasteiger partial charge in [-0.3, -0.25) is 4.79 Å². The maximum atomic E-state index is 13.6. The minimum atomic E-state index is -4.55. The summed E-state index contributed by atoms with van der Waals surface area (Å²) in [5.41, 5.74) is 1.77. The van der Waals surface area contributed by atoms with E-state index in [1.807, 2.05) is 0 Å². The number of halogens is 3. The van der Waals surface area contributed by atoms with Crippen molar-refractivity contribution in [3.05, 3.63) is 39.1 Å². The fraction of sp³-hybridized carbons (Fsp3) is 0.444. The van der Waals surface area contributed by atoms with E-state index in [0.29, 0.717) is 30.0 Å². The zero-order valence-corrected chi connectivity index (χ0v) is 16.0. The lowest BCUT2D eigenvalue weighted by Crippen LogP contribution is -2.39. The number of piperidine rings is 1. The van der Waals surface area contributed by atoms with Gasteiger partial charge in [0.1, 0.15) is 4.88 Å². The second kappa shape index (κ2) is 6.84. The van der Waals surface area contributed by atoms with Crippen LogP contribution in [0, 0.1) is 13.8 Å². The number of carbonyl (C=O) groups is 1. The Bertz CT molecular complexity index is 1040. The summed E-state index contributed by atoms with van der Waals surface area (Å²) in [4.78, 5) is 23.2. The number of alkyl halides is 3. The lowest BCUT2D eigenvalue weighted by atomic mass is 9.91.